The number of urea groups is 1. The van der Waals surface area contributed by atoms with Gasteiger partial charge in [-0.1, -0.05) is 18.2 Å². The molecule has 0 atom stereocenters. The van der Waals surface area contributed by atoms with Crippen LogP contribution in [0.3, 0.4) is 0 Å². The van der Waals surface area contributed by atoms with Gasteiger partial charge in [0.25, 0.3) is 0 Å². The molecule has 4 aliphatic rings. The Morgan fingerprint density at radius 2 is 1.81 bits per heavy atom. The van der Waals surface area contributed by atoms with E-state index in [-0.39, 0.29) is 17.4 Å². The Hall–Kier alpha value is -2.37. The predicted octanol–water partition coefficient (Wildman–Crippen LogP) is 4.16. The van der Waals surface area contributed by atoms with Gasteiger partial charge < -0.3 is 10.6 Å². The van der Waals surface area contributed by atoms with Gasteiger partial charge in [0.05, 0.1) is 18.4 Å². The number of hydrogen-bond donors (Lipinski definition) is 2. The largest absolute Gasteiger partial charge is 0.332 e. The van der Waals surface area contributed by atoms with Crippen molar-refractivity contribution in [2.75, 3.05) is 5.32 Å². The molecule has 6 rings (SSSR count). The molecule has 4 saturated carbocycles. The van der Waals surface area contributed by atoms with Gasteiger partial charge in [0.15, 0.2) is 0 Å². The molecule has 6 heteroatoms. The molecule has 0 radical (unpaired) electrons. The Labute approximate surface area is 158 Å². The van der Waals surface area contributed by atoms with Crippen LogP contribution in [0.25, 0.3) is 0 Å². The third-order valence-corrected chi connectivity index (χ3v) is 6.60. The summed E-state index contributed by atoms with van der Waals surface area (Å²) in [5.74, 6) is 2.13. The number of halogens is 1. The van der Waals surface area contributed by atoms with Gasteiger partial charge in [0, 0.05) is 17.3 Å². The summed E-state index contributed by atoms with van der Waals surface area (Å²) < 4.78 is 15.4. The van der Waals surface area contributed by atoms with Crippen molar-refractivity contribution in [2.24, 2.45) is 17.8 Å². The van der Waals surface area contributed by atoms with E-state index in [1.807, 2.05) is 0 Å². The average Bonchev–Trinajstić information content (AvgIpc) is 3.02. The highest BCUT2D eigenvalue weighted by Crippen LogP contribution is 2.55. The number of carbonyl (C=O) groups excluding carboxylic acids is 1. The van der Waals surface area contributed by atoms with Crippen molar-refractivity contribution in [1.29, 1.82) is 0 Å². The van der Waals surface area contributed by atoms with Gasteiger partial charge >= 0.3 is 6.03 Å². The highest BCUT2D eigenvalue weighted by Gasteiger charge is 2.51. The van der Waals surface area contributed by atoms with E-state index in [0.29, 0.717) is 17.8 Å². The van der Waals surface area contributed by atoms with Crippen molar-refractivity contribution in [3.8, 4) is 0 Å². The Balaban J connectivity index is 1.22. The van der Waals surface area contributed by atoms with Crippen LogP contribution in [0, 0.1) is 23.6 Å². The number of aromatic nitrogens is 2. The minimum Gasteiger partial charge on any atom is -0.332 e. The van der Waals surface area contributed by atoms with Gasteiger partial charge in [-0.3, -0.25) is 4.68 Å². The van der Waals surface area contributed by atoms with Crippen LogP contribution in [-0.2, 0) is 6.54 Å². The van der Waals surface area contributed by atoms with Crippen LogP contribution in [0.2, 0.25) is 0 Å². The molecule has 2 aromatic rings. The number of amides is 2. The molecule has 0 unspecified atom stereocenters. The van der Waals surface area contributed by atoms with E-state index in [9.17, 15) is 9.18 Å². The summed E-state index contributed by atoms with van der Waals surface area (Å²) in [6.07, 6.45) is 10.8. The minimum atomic E-state index is -0.248. The molecule has 4 bridgehead atoms. The molecule has 142 valence electrons. The van der Waals surface area contributed by atoms with Gasteiger partial charge in [-0.15, -0.1) is 0 Å². The van der Waals surface area contributed by atoms with Crippen LogP contribution in [0.15, 0.2) is 36.7 Å². The molecular weight excluding hydrogens is 343 g/mol. The standard InChI is InChI=1S/C21H25FN4O/c22-19-4-2-1-3-17(19)12-26-13-18(11-23-26)24-20(27)25-21-8-14-5-15(9-21)7-16(6-14)10-21/h1-4,11,13-16H,5-10,12H2,(H2,24,25,27). The van der Waals surface area contributed by atoms with E-state index in [2.05, 4.69) is 15.7 Å². The molecule has 0 saturated heterocycles. The number of nitrogens with zero attached hydrogens (tertiary/aromatic N) is 2. The average molecular weight is 368 g/mol. The third kappa shape index (κ3) is 3.33. The lowest BCUT2D eigenvalue weighted by Gasteiger charge is -2.56. The van der Waals surface area contributed by atoms with Crippen molar-refractivity contribution in [3.63, 3.8) is 0 Å². The van der Waals surface area contributed by atoms with Crippen LogP contribution in [0.5, 0.6) is 0 Å². The quantitative estimate of drug-likeness (QED) is 0.851. The molecular formula is C21H25FN4O. The summed E-state index contributed by atoms with van der Waals surface area (Å²) in [7, 11) is 0. The highest BCUT2D eigenvalue weighted by atomic mass is 19.1. The lowest BCUT2D eigenvalue weighted by molar-refractivity contribution is -0.0127. The molecule has 5 nitrogen and oxygen atoms in total. The predicted molar refractivity (Wildman–Crippen MR) is 101 cm³/mol. The lowest BCUT2D eigenvalue weighted by atomic mass is 9.53. The maximum absolute atomic E-state index is 13.8. The number of hydrogen-bond acceptors (Lipinski definition) is 2. The molecule has 4 aliphatic carbocycles. The molecule has 1 aromatic heterocycles. The van der Waals surface area contributed by atoms with E-state index >= 15 is 0 Å². The normalized spacial score (nSPS) is 31.1. The fourth-order valence-electron chi connectivity index (χ4n) is 5.98. The molecule has 0 aliphatic heterocycles. The second-order valence-corrected chi connectivity index (χ2v) is 8.80. The SMILES string of the molecule is O=C(Nc1cnn(Cc2ccccc2F)c1)NC12CC3CC(CC(C3)C1)C2. The molecule has 0 spiro atoms. The summed E-state index contributed by atoms with van der Waals surface area (Å²) in [5.41, 5.74) is 1.20. The van der Waals surface area contributed by atoms with Crippen LogP contribution in [-0.4, -0.2) is 21.4 Å². The fraction of sp³-hybridized carbons (Fsp3) is 0.524. The summed E-state index contributed by atoms with van der Waals surface area (Å²) >= 11 is 0. The van der Waals surface area contributed by atoms with E-state index in [0.717, 1.165) is 37.0 Å². The van der Waals surface area contributed by atoms with Gasteiger partial charge in [-0.05, 0) is 62.3 Å². The van der Waals surface area contributed by atoms with Crippen molar-refractivity contribution in [1.82, 2.24) is 15.1 Å². The maximum atomic E-state index is 13.8. The second kappa shape index (κ2) is 6.36. The molecule has 2 N–H and O–H groups in total. The Kier molecular flexibility index (Phi) is 3.95. The summed E-state index contributed by atoms with van der Waals surface area (Å²) in [6.45, 7) is 0.338. The van der Waals surface area contributed by atoms with Gasteiger partial charge in [0.2, 0.25) is 0 Å². The monoisotopic (exact) mass is 368 g/mol. The Morgan fingerprint density at radius 3 is 2.48 bits per heavy atom. The van der Waals surface area contributed by atoms with Crippen LogP contribution in [0.1, 0.15) is 44.1 Å². The smallest absolute Gasteiger partial charge is 0.319 e. The summed E-state index contributed by atoms with van der Waals surface area (Å²) in [5, 5.41) is 10.4. The van der Waals surface area contributed by atoms with Crippen LogP contribution >= 0.6 is 0 Å². The zero-order chi connectivity index (χ0) is 18.4. The number of rotatable bonds is 4. The first-order valence-corrected chi connectivity index (χ1v) is 9.92. The number of anilines is 1. The first kappa shape index (κ1) is 16.8. The van der Waals surface area contributed by atoms with Crippen LogP contribution < -0.4 is 10.6 Å². The lowest BCUT2D eigenvalue weighted by Crippen LogP contribution is -2.60. The van der Waals surface area contributed by atoms with E-state index < -0.39 is 0 Å². The van der Waals surface area contributed by atoms with E-state index in [4.69, 9.17) is 0 Å². The van der Waals surface area contributed by atoms with Crippen molar-refractivity contribution in [3.05, 3.63) is 48.0 Å². The summed E-state index contributed by atoms with van der Waals surface area (Å²) in [4.78, 5) is 12.6. The second-order valence-electron chi connectivity index (χ2n) is 8.80. The summed E-state index contributed by atoms with van der Waals surface area (Å²) in [6, 6.07) is 6.51. The molecule has 2 amide bonds. The molecule has 27 heavy (non-hydrogen) atoms. The first-order valence-electron chi connectivity index (χ1n) is 9.92. The van der Waals surface area contributed by atoms with Crippen molar-refractivity contribution in [2.45, 2.75) is 50.6 Å². The molecule has 1 heterocycles. The maximum Gasteiger partial charge on any atom is 0.319 e. The van der Waals surface area contributed by atoms with Gasteiger partial charge in [0.1, 0.15) is 5.82 Å². The Bertz CT molecular complexity index is 826. The Morgan fingerprint density at radius 1 is 1.15 bits per heavy atom. The number of benzene rings is 1. The first-order chi connectivity index (χ1) is 13.1. The molecule has 4 fully saturated rings. The molecule has 1 aromatic carbocycles. The third-order valence-electron chi connectivity index (χ3n) is 6.60. The van der Waals surface area contributed by atoms with Crippen molar-refractivity contribution >= 4 is 11.7 Å². The fourth-order valence-corrected chi connectivity index (χ4v) is 5.98. The zero-order valence-corrected chi connectivity index (χ0v) is 15.3. The zero-order valence-electron chi connectivity index (χ0n) is 15.3. The number of carbonyl (C=O) groups is 1. The van der Waals surface area contributed by atoms with E-state index in [1.165, 1.54) is 25.3 Å². The topological polar surface area (TPSA) is 59.0 Å². The van der Waals surface area contributed by atoms with Gasteiger partial charge in [-0.25, -0.2) is 9.18 Å². The van der Waals surface area contributed by atoms with Gasteiger partial charge in [-0.2, -0.15) is 5.10 Å². The van der Waals surface area contributed by atoms with E-state index in [1.54, 1.807) is 35.3 Å². The van der Waals surface area contributed by atoms with Crippen LogP contribution in [0.4, 0.5) is 14.9 Å². The minimum absolute atomic E-state index is 0.0119. The highest BCUT2D eigenvalue weighted by molar-refractivity contribution is 5.89. The number of nitrogens with one attached hydrogen (secondary N) is 2. The van der Waals surface area contributed by atoms with Crippen molar-refractivity contribution < 1.29 is 9.18 Å².